The molecule has 220 valence electrons. The molecule has 11 heteroatoms. The van der Waals surface area contributed by atoms with Crippen molar-refractivity contribution in [2.24, 2.45) is 0 Å². The normalized spacial score (nSPS) is 13.0. The van der Waals surface area contributed by atoms with E-state index in [2.05, 4.69) is 5.32 Å². The van der Waals surface area contributed by atoms with Crippen LogP contribution in [0.3, 0.4) is 0 Å². The number of amides is 2. The zero-order valence-corrected chi connectivity index (χ0v) is 25.2. The molecule has 1 N–H and O–H groups in total. The Bertz CT molecular complexity index is 1400. The summed E-state index contributed by atoms with van der Waals surface area (Å²) in [6.07, 6.45) is 0.897. The number of nitrogens with one attached hydrogen (secondary N) is 1. The summed E-state index contributed by atoms with van der Waals surface area (Å²) in [6.45, 7) is 3.24. The number of nitrogens with zero attached hydrogens (tertiary/aromatic N) is 3. The van der Waals surface area contributed by atoms with Gasteiger partial charge in [-0.25, -0.2) is 8.70 Å². The van der Waals surface area contributed by atoms with E-state index in [9.17, 15) is 22.4 Å². The van der Waals surface area contributed by atoms with Crippen LogP contribution in [0.4, 0.5) is 10.1 Å². The predicted octanol–water partition coefficient (Wildman–Crippen LogP) is 4.65. The average molecular weight is 603 g/mol. The minimum Gasteiger partial charge on any atom is -0.352 e. The van der Waals surface area contributed by atoms with Crippen molar-refractivity contribution in [3.05, 3.63) is 101 Å². The maximum absolute atomic E-state index is 14.1. The Kier molecular flexibility index (Phi) is 11.3. The lowest BCUT2D eigenvalue weighted by molar-refractivity contribution is -0.140. The van der Waals surface area contributed by atoms with Crippen LogP contribution < -0.4 is 9.62 Å². The van der Waals surface area contributed by atoms with Gasteiger partial charge in [0.1, 0.15) is 18.4 Å². The van der Waals surface area contributed by atoms with Gasteiger partial charge >= 0.3 is 10.2 Å². The lowest BCUT2D eigenvalue weighted by atomic mass is 10.0. The van der Waals surface area contributed by atoms with E-state index < -0.39 is 34.5 Å². The monoisotopic (exact) mass is 602 g/mol. The third-order valence-corrected chi connectivity index (χ3v) is 8.74. The molecule has 0 heterocycles. The van der Waals surface area contributed by atoms with Crippen LogP contribution in [0, 0.1) is 5.82 Å². The standard InChI is InChI=1S/C30H36ClFN4O4S/c1-5-22(2)33-30(38)28(19-23-9-7-6-8-10-23)35(20-24-11-13-25(31)14-12-24)29(37)21-36(41(39,40)34(3)4)27-17-15-26(32)16-18-27/h6-18,22,28H,5,19-21H2,1-4H3,(H,33,38)/t22-,28+/m1/s1. The second kappa shape index (κ2) is 14.4. The van der Waals surface area contributed by atoms with E-state index in [0.29, 0.717) is 17.0 Å². The Hall–Kier alpha value is -3.47. The molecule has 0 saturated carbocycles. The van der Waals surface area contributed by atoms with Crippen LogP contribution in [0.5, 0.6) is 0 Å². The van der Waals surface area contributed by atoms with Crippen molar-refractivity contribution < 1.29 is 22.4 Å². The molecule has 3 rings (SSSR count). The fourth-order valence-electron chi connectivity index (χ4n) is 4.11. The minimum absolute atomic E-state index is 0.0285. The lowest BCUT2D eigenvalue weighted by Gasteiger charge is -2.35. The van der Waals surface area contributed by atoms with Crippen LogP contribution in [0.25, 0.3) is 0 Å². The predicted molar refractivity (Wildman–Crippen MR) is 160 cm³/mol. The molecule has 2 atom stereocenters. The second-order valence-corrected chi connectivity index (χ2v) is 12.4. The van der Waals surface area contributed by atoms with Gasteiger partial charge in [0.2, 0.25) is 11.8 Å². The Labute approximate surface area is 246 Å². The van der Waals surface area contributed by atoms with Crippen LogP contribution >= 0.6 is 11.6 Å². The zero-order valence-electron chi connectivity index (χ0n) is 23.6. The molecule has 2 amide bonds. The average Bonchev–Trinajstić information content (AvgIpc) is 2.95. The highest BCUT2D eigenvalue weighted by molar-refractivity contribution is 7.90. The van der Waals surface area contributed by atoms with Gasteiger partial charge in [0, 0.05) is 38.1 Å². The lowest BCUT2D eigenvalue weighted by Crippen LogP contribution is -2.55. The molecule has 0 aromatic heterocycles. The van der Waals surface area contributed by atoms with Gasteiger partial charge in [-0.1, -0.05) is 61.0 Å². The SMILES string of the molecule is CC[C@@H](C)NC(=O)[C@H](Cc1ccccc1)N(Cc1ccc(Cl)cc1)C(=O)CN(c1ccc(F)cc1)S(=O)(=O)N(C)C. The third-order valence-electron chi connectivity index (χ3n) is 6.67. The summed E-state index contributed by atoms with van der Waals surface area (Å²) in [6, 6.07) is 19.9. The Morgan fingerprint density at radius 2 is 1.54 bits per heavy atom. The van der Waals surface area contributed by atoms with Gasteiger partial charge in [0.15, 0.2) is 0 Å². The van der Waals surface area contributed by atoms with Crippen molar-refractivity contribution in [1.29, 1.82) is 0 Å². The van der Waals surface area contributed by atoms with E-state index >= 15 is 0 Å². The molecule has 0 aliphatic heterocycles. The van der Waals surface area contributed by atoms with Crippen molar-refractivity contribution in [2.45, 2.75) is 45.3 Å². The number of anilines is 1. The second-order valence-electron chi connectivity index (χ2n) is 9.94. The largest absolute Gasteiger partial charge is 0.352 e. The quantitative estimate of drug-likeness (QED) is 0.308. The van der Waals surface area contributed by atoms with E-state index in [4.69, 9.17) is 11.6 Å². The number of carbonyl (C=O) groups is 2. The third kappa shape index (κ3) is 8.76. The highest BCUT2D eigenvalue weighted by Gasteiger charge is 2.35. The van der Waals surface area contributed by atoms with Crippen molar-refractivity contribution in [2.75, 3.05) is 24.9 Å². The van der Waals surface area contributed by atoms with Gasteiger partial charge in [-0.05, 0) is 60.9 Å². The molecule has 3 aromatic rings. The van der Waals surface area contributed by atoms with Gasteiger partial charge < -0.3 is 10.2 Å². The molecule has 0 aliphatic carbocycles. The number of rotatable bonds is 13. The zero-order chi connectivity index (χ0) is 30.2. The molecule has 0 radical (unpaired) electrons. The van der Waals surface area contributed by atoms with Crippen molar-refractivity contribution in [1.82, 2.24) is 14.5 Å². The number of hydrogen-bond acceptors (Lipinski definition) is 4. The van der Waals surface area contributed by atoms with E-state index in [1.807, 2.05) is 44.2 Å². The fourth-order valence-corrected chi connectivity index (χ4v) is 5.29. The highest BCUT2D eigenvalue weighted by Crippen LogP contribution is 2.22. The van der Waals surface area contributed by atoms with Gasteiger partial charge in [0.05, 0.1) is 5.69 Å². The van der Waals surface area contributed by atoms with E-state index in [0.717, 1.165) is 26.3 Å². The first-order valence-corrected chi connectivity index (χ1v) is 15.0. The Morgan fingerprint density at radius 1 is 0.927 bits per heavy atom. The molecule has 8 nitrogen and oxygen atoms in total. The topological polar surface area (TPSA) is 90.0 Å². The molecule has 0 aliphatic rings. The van der Waals surface area contributed by atoms with Gasteiger partial charge in [-0.3, -0.25) is 9.59 Å². The number of benzene rings is 3. The maximum Gasteiger partial charge on any atom is 0.304 e. The summed E-state index contributed by atoms with van der Waals surface area (Å²) in [4.78, 5) is 29.2. The number of hydrogen-bond donors (Lipinski definition) is 1. The first-order chi connectivity index (χ1) is 19.4. The van der Waals surface area contributed by atoms with E-state index in [1.165, 1.54) is 31.1 Å². The van der Waals surface area contributed by atoms with Crippen LogP contribution in [0.1, 0.15) is 31.4 Å². The van der Waals surface area contributed by atoms with Gasteiger partial charge in [-0.2, -0.15) is 12.7 Å². The van der Waals surface area contributed by atoms with Crippen LogP contribution in [0.2, 0.25) is 5.02 Å². The van der Waals surface area contributed by atoms with Crippen LogP contribution in [-0.4, -0.2) is 62.2 Å². The van der Waals surface area contributed by atoms with Crippen molar-refractivity contribution in [3.63, 3.8) is 0 Å². The Morgan fingerprint density at radius 3 is 2.10 bits per heavy atom. The fraction of sp³-hybridized carbons (Fsp3) is 0.333. The summed E-state index contributed by atoms with van der Waals surface area (Å²) in [7, 11) is -1.47. The van der Waals surface area contributed by atoms with Crippen LogP contribution in [0.15, 0.2) is 78.9 Å². The summed E-state index contributed by atoms with van der Waals surface area (Å²) in [5.74, 6) is -1.50. The highest BCUT2D eigenvalue weighted by atomic mass is 35.5. The number of halogens is 2. The van der Waals surface area contributed by atoms with Gasteiger partial charge in [-0.15, -0.1) is 0 Å². The Balaban J connectivity index is 2.08. The molecule has 0 spiro atoms. The molecular weight excluding hydrogens is 567 g/mol. The molecular formula is C30H36ClFN4O4S. The molecule has 41 heavy (non-hydrogen) atoms. The smallest absolute Gasteiger partial charge is 0.304 e. The molecule has 0 unspecified atom stereocenters. The summed E-state index contributed by atoms with van der Waals surface area (Å²) in [5.41, 5.74) is 1.66. The molecule has 0 fully saturated rings. The van der Waals surface area contributed by atoms with E-state index in [-0.39, 0.29) is 30.6 Å². The first-order valence-electron chi connectivity index (χ1n) is 13.3. The van der Waals surface area contributed by atoms with Crippen molar-refractivity contribution in [3.8, 4) is 0 Å². The molecule has 0 saturated heterocycles. The summed E-state index contributed by atoms with van der Waals surface area (Å²) < 4.78 is 42.3. The van der Waals surface area contributed by atoms with Crippen LogP contribution in [-0.2, 0) is 32.8 Å². The molecule has 3 aromatic carbocycles. The number of carbonyl (C=O) groups excluding carboxylic acids is 2. The van der Waals surface area contributed by atoms with E-state index in [1.54, 1.807) is 24.3 Å². The minimum atomic E-state index is -4.16. The van der Waals surface area contributed by atoms with Crippen molar-refractivity contribution >= 4 is 39.3 Å². The summed E-state index contributed by atoms with van der Waals surface area (Å²) >= 11 is 6.08. The maximum atomic E-state index is 14.1. The first kappa shape index (κ1) is 32.0. The molecule has 0 bridgehead atoms. The van der Waals surface area contributed by atoms with Gasteiger partial charge in [0.25, 0.3) is 0 Å². The summed E-state index contributed by atoms with van der Waals surface area (Å²) in [5, 5.41) is 3.50.